The number of likely N-dealkylation sites (N-methyl/N-ethyl adjacent to an activating group) is 1. The topological polar surface area (TPSA) is 82.1 Å². The van der Waals surface area contributed by atoms with Gasteiger partial charge in [0, 0.05) is 26.2 Å². The molecule has 1 aromatic carbocycles. The summed E-state index contributed by atoms with van der Waals surface area (Å²) in [6.45, 7) is 6.64. The van der Waals surface area contributed by atoms with Gasteiger partial charge in [0.25, 0.3) is 0 Å². The fraction of sp³-hybridized carbons (Fsp3) is 0.579. The Morgan fingerprint density at radius 2 is 2.08 bits per heavy atom. The Bertz CT molecular complexity index is 605. The van der Waals surface area contributed by atoms with Gasteiger partial charge in [-0.3, -0.25) is 9.69 Å². The first-order valence-electron chi connectivity index (χ1n) is 8.96. The van der Waals surface area contributed by atoms with Crippen LogP contribution in [0.3, 0.4) is 0 Å². The fourth-order valence-electron chi connectivity index (χ4n) is 3.02. The standard InChI is InChI=1S/C19H29N3O4/c1-14-4-6-16(7-5-14)15(2)10-20-19(25)22-8-9-26-17(12-22)11-21(3)13-18(23)24/h4-7,15,17H,8-13H2,1-3H3,(H,20,25)(H,23,24). The summed E-state index contributed by atoms with van der Waals surface area (Å²) in [4.78, 5) is 26.6. The van der Waals surface area contributed by atoms with Crippen LogP contribution < -0.4 is 5.32 Å². The first-order chi connectivity index (χ1) is 12.3. The Morgan fingerprint density at radius 1 is 1.38 bits per heavy atom. The average molecular weight is 363 g/mol. The normalized spacial score (nSPS) is 18.6. The smallest absolute Gasteiger partial charge is 0.317 e. The van der Waals surface area contributed by atoms with Crippen LogP contribution in [0.1, 0.15) is 24.0 Å². The number of aliphatic carboxylic acids is 1. The zero-order valence-electron chi connectivity index (χ0n) is 15.8. The average Bonchev–Trinajstić information content (AvgIpc) is 2.59. The van der Waals surface area contributed by atoms with Gasteiger partial charge in [0.05, 0.1) is 19.3 Å². The number of nitrogens with one attached hydrogen (secondary N) is 1. The van der Waals surface area contributed by atoms with Gasteiger partial charge in [-0.15, -0.1) is 0 Å². The van der Waals surface area contributed by atoms with Crippen LogP contribution in [0.4, 0.5) is 4.79 Å². The molecule has 2 rings (SSSR count). The number of hydrogen-bond donors (Lipinski definition) is 2. The zero-order valence-corrected chi connectivity index (χ0v) is 15.8. The monoisotopic (exact) mass is 363 g/mol. The van der Waals surface area contributed by atoms with Gasteiger partial charge in [0.1, 0.15) is 0 Å². The number of carboxylic acid groups (broad SMARTS) is 1. The highest BCUT2D eigenvalue weighted by Crippen LogP contribution is 2.15. The quantitative estimate of drug-likeness (QED) is 0.768. The Hall–Kier alpha value is -2.12. The van der Waals surface area contributed by atoms with Crippen molar-refractivity contribution >= 4 is 12.0 Å². The first-order valence-corrected chi connectivity index (χ1v) is 8.96. The van der Waals surface area contributed by atoms with E-state index in [1.54, 1.807) is 16.8 Å². The molecular formula is C19H29N3O4. The van der Waals surface area contributed by atoms with E-state index < -0.39 is 5.97 Å². The number of ether oxygens (including phenoxy) is 1. The molecule has 2 N–H and O–H groups in total. The van der Waals surface area contributed by atoms with Crippen LogP contribution in [-0.2, 0) is 9.53 Å². The van der Waals surface area contributed by atoms with Gasteiger partial charge in [-0.2, -0.15) is 0 Å². The number of nitrogens with zero attached hydrogens (tertiary/aromatic N) is 2. The SMILES string of the molecule is Cc1ccc(C(C)CNC(=O)N2CCOC(CN(C)CC(=O)O)C2)cc1. The summed E-state index contributed by atoms with van der Waals surface area (Å²) in [5.74, 6) is -0.638. The highest BCUT2D eigenvalue weighted by atomic mass is 16.5. The molecule has 1 heterocycles. The minimum absolute atomic E-state index is 0.0415. The Balaban J connectivity index is 1.79. The molecule has 144 valence electrons. The molecule has 2 amide bonds. The van der Waals surface area contributed by atoms with Crippen molar-refractivity contribution in [1.29, 1.82) is 0 Å². The van der Waals surface area contributed by atoms with Crippen LogP contribution >= 0.6 is 0 Å². The molecule has 0 aliphatic carbocycles. The summed E-state index contributed by atoms with van der Waals surface area (Å²) < 4.78 is 5.66. The first kappa shape index (κ1) is 20.2. The predicted molar refractivity (Wildman–Crippen MR) is 99.4 cm³/mol. The van der Waals surface area contributed by atoms with Crippen molar-refractivity contribution in [3.63, 3.8) is 0 Å². The fourth-order valence-corrected chi connectivity index (χ4v) is 3.02. The number of urea groups is 1. The third-order valence-electron chi connectivity index (χ3n) is 4.55. The molecule has 1 saturated heterocycles. The summed E-state index contributed by atoms with van der Waals surface area (Å²) in [6, 6.07) is 8.24. The zero-order chi connectivity index (χ0) is 19.1. The van der Waals surface area contributed by atoms with Crippen molar-refractivity contribution in [1.82, 2.24) is 15.1 Å². The van der Waals surface area contributed by atoms with E-state index in [9.17, 15) is 9.59 Å². The third-order valence-corrected chi connectivity index (χ3v) is 4.55. The maximum Gasteiger partial charge on any atom is 0.317 e. The summed E-state index contributed by atoms with van der Waals surface area (Å²) >= 11 is 0. The minimum Gasteiger partial charge on any atom is -0.480 e. The second-order valence-corrected chi connectivity index (χ2v) is 7.03. The van der Waals surface area contributed by atoms with Crippen molar-refractivity contribution in [2.45, 2.75) is 25.9 Å². The van der Waals surface area contributed by atoms with Crippen molar-refractivity contribution in [2.75, 3.05) is 46.4 Å². The number of carbonyl (C=O) groups is 2. The lowest BCUT2D eigenvalue weighted by Gasteiger charge is -2.34. The van der Waals surface area contributed by atoms with Gasteiger partial charge in [-0.25, -0.2) is 4.79 Å². The number of hydrogen-bond acceptors (Lipinski definition) is 4. The summed E-state index contributed by atoms with van der Waals surface area (Å²) in [5.41, 5.74) is 2.42. The molecule has 7 heteroatoms. The molecule has 0 bridgehead atoms. The molecule has 1 aliphatic heterocycles. The number of rotatable bonds is 7. The minimum atomic E-state index is -0.872. The molecule has 26 heavy (non-hydrogen) atoms. The van der Waals surface area contributed by atoms with Crippen molar-refractivity contribution in [3.05, 3.63) is 35.4 Å². The van der Waals surface area contributed by atoms with E-state index in [2.05, 4.69) is 43.4 Å². The third kappa shape index (κ3) is 6.31. The summed E-state index contributed by atoms with van der Waals surface area (Å²) in [7, 11) is 1.74. The van der Waals surface area contributed by atoms with E-state index in [4.69, 9.17) is 9.84 Å². The largest absolute Gasteiger partial charge is 0.480 e. The molecule has 1 aliphatic rings. The molecule has 0 radical (unpaired) electrons. The van der Waals surface area contributed by atoms with Crippen molar-refractivity contribution in [3.8, 4) is 0 Å². The van der Waals surface area contributed by atoms with E-state index in [0.29, 0.717) is 32.8 Å². The molecule has 2 atom stereocenters. The van der Waals surface area contributed by atoms with E-state index in [1.807, 2.05) is 0 Å². The number of morpholine rings is 1. The molecule has 7 nitrogen and oxygen atoms in total. The van der Waals surface area contributed by atoms with Crippen LogP contribution in [-0.4, -0.2) is 79.4 Å². The number of aryl methyl sites for hydroxylation is 1. The number of carbonyl (C=O) groups excluding carboxylic acids is 1. The Kier molecular flexibility index (Phi) is 7.41. The molecule has 0 aromatic heterocycles. The maximum atomic E-state index is 12.4. The maximum absolute atomic E-state index is 12.4. The van der Waals surface area contributed by atoms with Crippen LogP contribution in [0.2, 0.25) is 0 Å². The van der Waals surface area contributed by atoms with Gasteiger partial charge < -0.3 is 20.1 Å². The van der Waals surface area contributed by atoms with E-state index >= 15 is 0 Å². The number of benzene rings is 1. The highest BCUT2D eigenvalue weighted by molar-refractivity contribution is 5.74. The van der Waals surface area contributed by atoms with Crippen LogP contribution in [0.15, 0.2) is 24.3 Å². The predicted octanol–water partition coefficient (Wildman–Crippen LogP) is 1.53. The number of amides is 2. The molecule has 2 unspecified atom stereocenters. The molecule has 0 saturated carbocycles. The molecular weight excluding hydrogens is 334 g/mol. The van der Waals surface area contributed by atoms with Crippen molar-refractivity contribution < 1.29 is 19.4 Å². The lowest BCUT2D eigenvalue weighted by atomic mass is 10.0. The van der Waals surface area contributed by atoms with Crippen molar-refractivity contribution in [2.24, 2.45) is 0 Å². The van der Waals surface area contributed by atoms with E-state index in [0.717, 1.165) is 0 Å². The molecule has 1 fully saturated rings. The van der Waals surface area contributed by atoms with Crippen LogP contribution in [0.25, 0.3) is 0 Å². The molecule has 0 spiro atoms. The van der Waals surface area contributed by atoms with Crippen LogP contribution in [0, 0.1) is 6.92 Å². The second-order valence-electron chi connectivity index (χ2n) is 7.03. The van der Waals surface area contributed by atoms with E-state index in [-0.39, 0.29) is 24.6 Å². The Labute approximate surface area is 154 Å². The lowest BCUT2D eigenvalue weighted by Crippen LogP contribution is -2.52. The second kappa shape index (κ2) is 9.54. The van der Waals surface area contributed by atoms with Gasteiger partial charge in [0.2, 0.25) is 0 Å². The van der Waals surface area contributed by atoms with Gasteiger partial charge >= 0.3 is 12.0 Å². The highest BCUT2D eigenvalue weighted by Gasteiger charge is 2.25. The summed E-state index contributed by atoms with van der Waals surface area (Å²) in [5, 5.41) is 11.8. The van der Waals surface area contributed by atoms with E-state index in [1.165, 1.54) is 11.1 Å². The summed E-state index contributed by atoms with van der Waals surface area (Å²) in [6.07, 6.45) is -0.173. The van der Waals surface area contributed by atoms with Gasteiger partial charge in [0.15, 0.2) is 0 Å². The molecule has 1 aromatic rings. The van der Waals surface area contributed by atoms with Gasteiger partial charge in [-0.05, 0) is 25.5 Å². The Morgan fingerprint density at radius 3 is 2.73 bits per heavy atom. The lowest BCUT2D eigenvalue weighted by molar-refractivity contribution is -0.138. The van der Waals surface area contributed by atoms with Crippen LogP contribution in [0.5, 0.6) is 0 Å². The van der Waals surface area contributed by atoms with Gasteiger partial charge in [-0.1, -0.05) is 36.8 Å². The number of carboxylic acids is 1.